The molecule has 12 heteroatoms. The zero-order chi connectivity index (χ0) is 31.3. The van der Waals surface area contributed by atoms with E-state index in [4.69, 9.17) is 34.9 Å². The first kappa shape index (κ1) is 32.4. The number of ether oxygens (including phenoxy) is 1. The maximum atomic E-state index is 13.6. The van der Waals surface area contributed by atoms with Gasteiger partial charge in [-0.3, -0.25) is 18.4 Å². The van der Waals surface area contributed by atoms with Crippen molar-refractivity contribution in [1.82, 2.24) is 14.1 Å². The van der Waals surface area contributed by atoms with E-state index in [1.807, 2.05) is 64.4 Å². The molecule has 1 fully saturated rings. The van der Waals surface area contributed by atoms with Crippen LogP contribution in [0, 0.1) is 11.8 Å². The molecular weight excluding hydrogens is 603 g/mol. The molecule has 0 spiro atoms. The smallest absolute Gasteiger partial charge is 0.378 e. The molecule has 44 heavy (non-hydrogen) atoms. The summed E-state index contributed by atoms with van der Waals surface area (Å²) >= 11 is 6.15. The van der Waals surface area contributed by atoms with Gasteiger partial charge in [-0.2, -0.15) is 0 Å². The zero-order valence-electron chi connectivity index (χ0n) is 25.6. The van der Waals surface area contributed by atoms with Crippen molar-refractivity contribution in [2.45, 2.75) is 41.0 Å². The summed E-state index contributed by atoms with van der Waals surface area (Å²) in [6.07, 6.45) is 5.47. The number of hydrogen-bond donors (Lipinski definition) is 0. The average molecular weight is 643 g/mol. The summed E-state index contributed by atoms with van der Waals surface area (Å²) in [6, 6.07) is 13.1. The van der Waals surface area contributed by atoms with E-state index in [2.05, 4.69) is 11.0 Å². The number of aromatic nitrogens is 3. The molecule has 10 nitrogen and oxygen atoms in total. The molecule has 0 radical (unpaired) electrons. The molecule has 1 aliphatic heterocycles. The molecule has 1 aliphatic rings. The van der Waals surface area contributed by atoms with Crippen LogP contribution in [0.5, 0.6) is 0 Å². The van der Waals surface area contributed by atoms with Crippen molar-refractivity contribution in [2.24, 2.45) is 11.8 Å². The molecule has 0 atom stereocenters. The minimum Gasteiger partial charge on any atom is -0.378 e. The van der Waals surface area contributed by atoms with E-state index in [-0.39, 0.29) is 37.3 Å². The molecule has 4 aromatic rings. The second-order valence-corrected chi connectivity index (χ2v) is 13.9. The maximum Gasteiger partial charge on any atom is 0.476 e. The molecule has 4 heterocycles. The predicted octanol–water partition coefficient (Wildman–Crippen LogP) is 6.83. The molecule has 5 rings (SSSR count). The molecule has 0 saturated carbocycles. The van der Waals surface area contributed by atoms with Gasteiger partial charge in [0.05, 0.1) is 44.9 Å². The second-order valence-electron chi connectivity index (χ2n) is 11.8. The van der Waals surface area contributed by atoms with Crippen molar-refractivity contribution in [3.05, 3.63) is 82.0 Å². The van der Waals surface area contributed by atoms with Gasteiger partial charge in [-0.15, -0.1) is 0 Å². The van der Waals surface area contributed by atoms with Gasteiger partial charge in [0.15, 0.2) is 0 Å². The van der Waals surface area contributed by atoms with Crippen LogP contribution in [0.1, 0.15) is 33.3 Å². The minimum absolute atomic E-state index is 0.111. The highest BCUT2D eigenvalue weighted by Crippen LogP contribution is 2.50. The highest BCUT2D eigenvalue weighted by Gasteiger charge is 2.29. The van der Waals surface area contributed by atoms with Crippen molar-refractivity contribution in [3.63, 3.8) is 0 Å². The third-order valence-electron chi connectivity index (χ3n) is 7.11. The van der Waals surface area contributed by atoms with Gasteiger partial charge in [-0.05, 0) is 47.2 Å². The fraction of sp³-hybridized carbons (Fsp3) is 0.438. The fourth-order valence-electron chi connectivity index (χ4n) is 4.85. The van der Waals surface area contributed by atoms with Crippen molar-refractivity contribution >= 4 is 36.1 Å². The monoisotopic (exact) mass is 642 g/mol. The van der Waals surface area contributed by atoms with Gasteiger partial charge in [0.2, 0.25) is 0 Å². The van der Waals surface area contributed by atoms with Gasteiger partial charge in [0, 0.05) is 47.5 Å². The van der Waals surface area contributed by atoms with Gasteiger partial charge < -0.3 is 18.8 Å². The Labute approximate surface area is 263 Å². The lowest BCUT2D eigenvalue weighted by molar-refractivity contribution is 0.0768. The minimum atomic E-state index is -3.85. The molecule has 0 unspecified atom stereocenters. The molecular formula is C32H40ClN4O6P. The van der Waals surface area contributed by atoms with Gasteiger partial charge in [-0.1, -0.05) is 51.4 Å². The van der Waals surface area contributed by atoms with Crippen LogP contribution in [0.4, 0.5) is 5.69 Å². The summed E-state index contributed by atoms with van der Waals surface area (Å²) in [5, 5.41) is 1.46. The molecule has 236 valence electrons. The number of morpholine rings is 1. The van der Waals surface area contributed by atoms with E-state index < -0.39 is 7.82 Å². The predicted molar refractivity (Wildman–Crippen MR) is 173 cm³/mol. The van der Waals surface area contributed by atoms with E-state index in [1.165, 1.54) is 0 Å². The first-order valence-corrected chi connectivity index (χ1v) is 16.7. The van der Waals surface area contributed by atoms with Crippen molar-refractivity contribution in [1.29, 1.82) is 0 Å². The number of phosphoric ester groups is 1. The number of pyridine rings is 2. The topological polar surface area (TPSA) is 97.0 Å². The lowest BCUT2D eigenvalue weighted by atomic mass is 10.1. The number of hydrogen-bond acceptors (Lipinski definition) is 8. The number of rotatable bonds is 13. The quantitative estimate of drug-likeness (QED) is 0.146. The normalized spacial score (nSPS) is 14.3. The summed E-state index contributed by atoms with van der Waals surface area (Å²) in [6.45, 7) is 11.5. The Morgan fingerprint density at radius 1 is 0.977 bits per heavy atom. The number of phosphoric acid groups is 1. The maximum absolute atomic E-state index is 13.6. The molecule has 0 N–H and O–H groups in total. The second kappa shape index (κ2) is 14.4. The van der Waals surface area contributed by atoms with Crippen molar-refractivity contribution < 1.29 is 22.9 Å². The van der Waals surface area contributed by atoms with Crippen LogP contribution < -0.4 is 10.5 Å². The number of anilines is 1. The standard InChI is InChI=1S/C32H40ClN4O6P/c1-23(2)20-41-44(39,42-21-24(3)4)43-22-37-19-30(29-16-28(17-34-32(29)37)35-10-12-40-13-11-35)26-8-9-36(31(38)15-26)18-25-6-5-7-27(33)14-25/h5-9,14-17,19,23-24H,10-13,18,20-22H2,1-4H3. The first-order chi connectivity index (χ1) is 21.1. The van der Waals surface area contributed by atoms with Crippen LogP contribution in [-0.2, 0) is 36.1 Å². The van der Waals surface area contributed by atoms with Gasteiger partial charge in [-0.25, -0.2) is 9.55 Å². The van der Waals surface area contributed by atoms with E-state index >= 15 is 0 Å². The average Bonchev–Trinajstić information content (AvgIpc) is 3.37. The summed E-state index contributed by atoms with van der Waals surface area (Å²) in [5.74, 6) is 0.296. The summed E-state index contributed by atoms with van der Waals surface area (Å²) in [4.78, 5) is 20.3. The summed E-state index contributed by atoms with van der Waals surface area (Å²) in [7, 11) is -3.85. The van der Waals surface area contributed by atoms with Crippen LogP contribution in [-0.4, -0.2) is 53.6 Å². The fourth-order valence-corrected chi connectivity index (χ4v) is 6.51. The lowest BCUT2D eigenvalue weighted by Crippen LogP contribution is -2.36. The number of halogens is 1. The Bertz CT molecular complexity index is 1670. The molecule has 1 saturated heterocycles. The number of nitrogens with zero attached hydrogens (tertiary/aromatic N) is 4. The third kappa shape index (κ3) is 8.18. The van der Waals surface area contributed by atoms with Crippen LogP contribution in [0.25, 0.3) is 22.2 Å². The lowest BCUT2D eigenvalue weighted by Gasteiger charge is -2.28. The Kier molecular flexibility index (Phi) is 10.6. The van der Waals surface area contributed by atoms with Gasteiger partial charge >= 0.3 is 7.82 Å². The van der Waals surface area contributed by atoms with Crippen molar-refractivity contribution in [3.8, 4) is 11.1 Å². The van der Waals surface area contributed by atoms with Crippen LogP contribution in [0.3, 0.4) is 0 Å². The Balaban J connectivity index is 1.49. The Morgan fingerprint density at radius 3 is 2.36 bits per heavy atom. The van der Waals surface area contributed by atoms with Crippen LogP contribution >= 0.6 is 19.4 Å². The number of benzene rings is 1. The van der Waals surface area contributed by atoms with E-state index in [9.17, 15) is 9.36 Å². The SMILES string of the molecule is CC(C)COP(=O)(OCC(C)C)OCn1cc(-c2ccn(Cc3cccc(Cl)c3)c(=O)c2)c2cc(N3CCOCC3)cnc21. The van der Waals surface area contributed by atoms with E-state index in [0.29, 0.717) is 30.4 Å². The molecule has 0 bridgehead atoms. The van der Waals surface area contributed by atoms with Gasteiger partial charge in [0.25, 0.3) is 5.56 Å². The summed E-state index contributed by atoms with van der Waals surface area (Å²) < 4.78 is 39.7. The molecule has 0 aliphatic carbocycles. The molecule has 3 aromatic heterocycles. The molecule has 0 amide bonds. The zero-order valence-corrected chi connectivity index (χ0v) is 27.3. The van der Waals surface area contributed by atoms with E-state index in [1.54, 1.807) is 27.5 Å². The highest BCUT2D eigenvalue weighted by molar-refractivity contribution is 7.48. The van der Waals surface area contributed by atoms with E-state index in [0.717, 1.165) is 40.9 Å². The van der Waals surface area contributed by atoms with Gasteiger partial charge in [0.1, 0.15) is 12.4 Å². The third-order valence-corrected chi connectivity index (χ3v) is 8.71. The summed E-state index contributed by atoms with van der Waals surface area (Å²) in [5.41, 5.74) is 3.91. The number of fused-ring (bicyclic) bond motifs is 1. The van der Waals surface area contributed by atoms with Crippen LogP contribution in [0.15, 0.2) is 65.8 Å². The largest absolute Gasteiger partial charge is 0.476 e. The Hall–Kier alpha value is -2.98. The van der Waals surface area contributed by atoms with Crippen LogP contribution in [0.2, 0.25) is 5.02 Å². The highest BCUT2D eigenvalue weighted by atomic mass is 35.5. The Morgan fingerprint density at radius 2 is 1.70 bits per heavy atom. The van der Waals surface area contributed by atoms with Crippen molar-refractivity contribution in [2.75, 3.05) is 44.4 Å². The first-order valence-electron chi connectivity index (χ1n) is 14.9. The molecule has 1 aromatic carbocycles.